The van der Waals surface area contributed by atoms with Crippen LogP contribution in [0.2, 0.25) is 0 Å². The molecule has 0 heterocycles. The van der Waals surface area contributed by atoms with Crippen molar-refractivity contribution in [2.45, 2.75) is 13.8 Å². The molecule has 0 aromatic heterocycles. The molecule has 0 aliphatic rings. The van der Waals surface area contributed by atoms with Gasteiger partial charge in [0.05, 0.1) is 6.21 Å². The van der Waals surface area contributed by atoms with Gasteiger partial charge in [0, 0.05) is 5.56 Å². The van der Waals surface area contributed by atoms with Crippen LogP contribution in [0.25, 0.3) is 21.5 Å². The van der Waals surface area contributed by atoms with Gasteiger partial charge < -0.3 is 5.84 Å². The summed E-state index contributed by atoms with van der Waals surface area (Å²) in [6.07, 6.45) is 1.73. The number of rotatable bonds is 1. The molecule has 0 bridgehead atoms. The number of hydrogen-bond donors (Lipinski definition) is 1. The van der Waals surface area contributed by atoms with E-state index in [1.54, 1.807) is 6.21 Å². The van der Waals surface area contributed by atoms with Crippen LogP contribution in [0, 0.1) is 0 Å². The van der Waals surface area contributed by atoms with E-state index in [1.165, 1.54) is 21.5 Å². The van der Waals surface area contributed by atoms with E-state index in [0.717, 1.165) is 5.56 Å². The minimum atomic E-state index is 1.08. The normalized spacial score (nSPS) is 10.6. The van der Waals surface area contributed by atoms with Gasteiger partial charge in [-0.25, -0.2) is 0 Å². The molecule has 0 aliphatic heterocycles. The van der Waals surface area contributed by atoms with Gasteiger partial charge in [0.25, 0.3) is 0 Å². The van der Waals surface area contributed by atoms with Gasteiger partial charge in [-0.2, -0.15) is 5.10 Å². The zero-order valence-electron chi connectivity index (χ0n) is 11.3. The quantitative estimate of drug-likeness (QED) is 0.297. The van der Waals surface area contributed by atoms with Gasteiger partial charge in [0.15, 0.2) is 0 Å². The van der Waals surface area contributed by atoms with E-state index >= 15 is 0 Å². The molecule has 3 rings (SSSR count). The molecule has 0 spiro atoms. The van der Waals surface area contributed by atoms with Crippen molar-refractivity contribution in [1.29, 1.82) is 0 Å². The Morgan fingerprint density at radius 1 is 0.842 bits per heavy atom. The molecule has 0 atom stereocenters. The number of nitrogens with two attached hydrogens (primary N) is 1. The molecule has 0 unspecified atom stereocenters. The predicted octanol–water partition coefficient (Wildman–Crippen LogP) is 4.31. The maximum absolute atomic E-state index is 5.31. The number of benzene rings is 3. The second-order valence-electron chi connectivity index (χ2n) is 4.01. The Balaban J connectivity index is 0.000000637. The molecule has 3 aromatic carbocycles. The van der Waals surface area contributed by atoms with Crippen LogP contribution in [-0.4, -0.2) is 6.21 Å². The molecule has 19 heavy (non-hydrogen) atoms. The highest BCUT2D eigenvalue weighted by atomic mass is 15.1. The Morgan fingerprint density at radius 3 is 1.79 bits per heavy atom. The van der Waals surface area contributed by atoms with Crippen LogP contribution < -0.4 is 5.84 Å². The van der Waals surface area contributed by atoms with Crippen LogP contribution in [0.4, 0.5) is 0 Å². The van der Waals surface area contributed by atoms with Gasteiger partial charge in [-0.05, 0) is 27.6 Å². The van der Waals surface area contributed by atoms with Crippen LogP contribution in [0.3, 0.4) is 0 Å². The van der Waals surface area contributed by atoms with Crippen LogP contribution >= 0.6 is 0 Å². The zero-order chi connectivity index (χ0) is 13.7. The summed E-state index contributed by atoms with van der Waals surface area (Å²) >= 11 is 0. The highest BCUT2D eigenvalue weighted by Crippen LogP contribution is 2.26. The smallest absolute Gasteiger partial charge is 0.0550 e. The number of fused-ring (bicyclic) bond motifs is 2. The minimum Gasteiger partial charge on any atom is -0.323 e. The fraction of sp³-hybridized carbons (Fsp3) is 0.118. The first-order valence-electron chi connectivity index (χ1n) is 6.54. The summed E-state index contributed by atoms with van der Waals surface area (Å²) in [4.78, 5) is 0. The molecular formula is C17H18N2. The highest BCUT2D eigenvalue weighted by molar-refractivity contribution is 6.13. The lowest BCUT2D eigenvalue weighted by molar-refractivity contribution is 1.27. The Hall–Kier alpha value is -2.35. The monoisotopic (exact) mass is 250 g/mol. The zero-order valence-corrected chi connectivity index (χ0v) is 11.3. The fourth-order valence-corrected chi connectivity index (χ4v) is 2.26. The summed E-state index contributed by atoms with van der Waals surface area (Å²) in [6.45, 7) is 4.00. The third-order valence-corrected chi connectivity index (χ3v) is 3.02. The van der Waals surface area contributed by atoms with Crippen molar-refractivity contribution in [1.82, 2.24) is 0 Å². The average Bonchev–Trinajstić information content (AvgIpc) is 2.49. The van der Waals surface area contributed by atoms with Crippen molar-refractivity contribution in [3.8, 4) is 0 Å². The largest absolute Gasteiger partial charge is 0.323 e. The molecular weight excluding hydrogens is 232 g/mol. The van der Waals surface area contributed by atoms with Crippen LogP contribution in [-0.2, 0) is 0 Å². The lowest BCUT2D eigenvalue weighted by Gasteiger charge is -2.07. The van der Waals surface area contributed by atoms with Crippen LogP contribution in [0.5, 0.6) is 0 Å². The van der Waals surface area contributed by atoms with Gasteiger partial charge in [-0.15, -0.1) is 0 Å². The first-order valence-corrected chi connectivity index (χ1v) is 6.54. The molecule has 0 aliphatic carbocycles. The molecule has 3 aromatic rings. The SMILES string of the molecule is CC.N/N=C\c1c2ccccc2cc2ccccc12. The van der Waals surface area contributed by atoms with E-state index in [-0.39, 0.29) is 0 Å². The molecule has 2 heteroatoms. The van der Waals surface area contributed by atoms with E-state index < -0.39 is 0 Å². The van der Waals surface area contributed by atoms with E-state index in [9.17, 15) is 0 Å². The first-order chi connectivity index (χ1) is 9.40. The molecule has 0 radical (unpaired) electrons. The fourth-order valence-electron chi connectivity index (χ4n) is 2.26. The standard InChI is InChI=1S/C15H12N2.C2H6/c16-17-10-15-13-7-3-1-5-11(13)9-12-6-2-4-8-14(12)15;1-2/h1-10H,16H2;1-2H3/b17-10-;. The van der Waals surface area contributed by atoms with Crippen molar-refractivity contribution in [3.05, 3.63) is 60.2 Å². The summed E-state index contributed by atoms with van der Waals surface area (Å²) in [5.74, 6) is 5.31. The molecule has 0 fully saturated rings. The van der Waals surface area contributed by atoms with Gasteiger partial charge in [-0.3, -0.25) is 0 Å². The lowest BCUT2D eigenvalue weighted by atomic mass is 9.97. The van der Waals surface area contributed by atoms with Gasteiger partial charge in [0.2, 0.25) is 0 Å². The Bertz CT molecular complexity index is 661. The Labute approximate surface area is 113 Å². The maximum Gasteiger partial charge on any atom is 0.0550 e. The summed E-state index contributed by atoms with van der Waals surface area (Å²) < 4.78 is 0. The molecule has 0 saturated heterocycles. The predicted molar refractivity (Wildman–Crippen MR) is 84.6 cm³/mol. The van der Waals surface area contributed by atoms with Crippen molar-refractivity contribution in [2.24, 2.45) is 10.9 Å². The number of hydrogen-bond acceptors (Lipinski definition) is 2. The van der Waals surface area contributed by atoms with Gasteiger partial charge in [0.1, 0.15) is 0 Å². The molecule has 2 nitrogen and oxygen atoms in total. The number of nitrogens with zero attached hydrogens (tertiary/aromatic N) is 1. The summed E-state index contributed by atoms with van der Waals surface area (Å²) in [7, 11) is 0. The maximum atomic E-state index is 5.31. The van der Waals surface area contributed by atoms with Crippen molar-refractivity contribution in [3.63, 3.8) is 0 Å². The third-order valence-electron chi connectivity index (χ3n) is 3.02. The van der Waals surface area contributed by atoms with E-state index in [0.29, 0.717) is 0 Å². The van der Waals surface area contributed by atoms with Crippen LogP contribution in [0.15, 0.2) is 59.7 Å². The Morgan fingerprint density at radius 2 is 1.32 bits per heavy atom. The number of hydrazone groups is 1. The second-order valence-corrected chi connectivity index (χ2v) is 4.01. The summed E-state index contributed by atoms with van der Waals surface area (Å²) in [6, 6.07) is 18.7. The minimum absolute atomic E-state index is 1.08. The molecule has 2 N–H and O–H groups in total. The van der Waals surface area contributed by atoms with Gasteiger partial charge >= 0.3 is 0 Å². The van der Waals surface area contributed by atoms with Crippen molar-refractivity contribution in [2.75, 3.05) is 0 Å². The van der Waals surface area contributed by atoms with E-state index in [1.807, 2.05) is 38.1 Å². The van der Waals surface area contributed by atoms with Crippen LogP contribution in [0.1, 0.15) is 19.4 Å². The molecule has 96 valence electrons. The third kappa shape index (κ3) is 2.43. The second kappa shape index (κ2) is 6.01. The summed E-state index contributed by atoms with van der Waals surface area (Å²) in [5.41, 5.74) is 1.08. The highest BCUT2D eigenvalue weighted by Gasteiger charge is 2.04. The summed E-state index contributed by atoms with van der Waals surface area (Å²) in [5, 5.41) is 8.46. The van der Waals surface area contributed by atoms with Gasteiger partial charge in [-0.1, -0.05) is 62.4 Å². The molecule has 0 amide bonds. The first kappa shape index (κ1) is 13.1. The van der Waals surface area contributed by atoms with E-state index in [2.05, 4.69) is 35.4 Å². The van der Waals surface area contributed by atoms with E-state index in [4.69, 9.17) is 5.84 Å². The van der Waals surface area contributed by atoms with Crippen molar-refractivity contribution >= 4 is 27.8 Å². The topological polar surface area (TPSA) is 38.4 Å². The van der Waals surface area contributed by atoms with Crippen molar-refractivity contribution < 1.29 is 0 Å². The average molecular weight is 250 g/mol. The Kier molecular flexibility index (Phi) is 4.14. The molecule has 0 saturated carbocycles. The lowest BCUT2D eigenvalue weighted by Crippen LogP contribution is -1.90.